The van der Waals surface area contributed by atoms with E-state index in [0.29, 0.717) is 18.2 Å². The van der Waals surface area contributed by atoms with E-state index >= 15 is 0 Å². The van der Waals surface area contributed by atoms with E-state index in [4.69, 9.17) is 11.6 Å². The Kier molecular flexibility index (Phi) is 2.94. The third kappa shape index (κ3) is 2.31. The highest BCUT2D eigenvalue weighted by molar-refractivity contribution is 6.16. The van der Waals surface area contributed by atoms with Crippen molar-refractivity contribution in [2.45, 2.75) is 26.3 Å². The van der Waals surface area contributed by atoms with Gasteiger partial charge in [-0.15, -0.1) is 16.7 Å². The summed E-state index contributed by atoms with van der Waals surface area (Å²) < 4.78 is 3.70. The van der Waals surface area contributed by atoms with Crippen LogP contribution in [0.15, 0.2) is 18.5 Å². The fourth-order valence-corrected chi connectivity index (χ4v) is 2.16. The minimum absolute atomic E-state index is 0.366. The molecule has 0 atom stereocenters. The third-order valence-electron chi connectivity index (χ3n) is 2.86. The first-order valence-electron chi connectivity index (χ1n) is 5.93. The molecule has 0 aliphatic heterocycles. The number of fused-ring (bicyclic) bond motifs is 1. The van der Waals surface area contributed by atoms with Gasteiger partial charge in [0.15, 0.2) is 0 Å². The summed E-state index contributed by atoms with van der Waals surface area (Å²) in [5.41, 5.74) is 3.73. The van der Waals surface area contributed by atoms with Gasteiger partial charge >= 0.3 is 0 Å². The van der Waals surface area contributed by atoms with E-state index in [1.165, 1.54) is 0 Å². The molecule has 0 aliphatic carbocycles. The molecule has 0 fully saturated rings. The van der Waals surface area contributed by atoms with Gasteiger partial charge in [-0.3, -0.25) is 4.40 Å². The lowest BCUT2D eigenvalue weighted by molar-refractivity contribution is 0.640. The molecule has 19 heavy (non-hydrogen) atoms. The fraction of sp³-hybridized carbons (Fsp3) is 0.333. The smallest absolute Gasteiger partial charge is 0.234 e. The Morgan fingerprint density at radius 2 is 2.00 bits per heavy atom. The standard InChI is InChI=1S/C12H13ClN6/c1-8-3-9(2)19-7-11(15-12(19)14-8)6-18-5-10(4-13)16-17-18/h3,5,7H,4,6H2,1-2H3. The van der Waals surface area contributed by atoms with Gasteiger partial charge in [0, 0.05) is 17.6 Å². The SMILES string of the molecule is Cc1cc(C)n2cc(Cn3cc(CCl)nn3)nc2n1. The molecular formula is C12H13ClN6. The summed E-state index contributed by atoms with van der Waals surface area (Å²) in [5.74, 6) is 1.08. The first kappa shape index (κ1) is 12.1. The van der Waals surface area contributed by atoms with Crippen LogP contribution in [0, 0.1) is 13.8 Å². The molecule has 0 radical (unpaired) electrons. The highest BCUT2D eigenvalue weighted by Gasteiger charge is 2.07. The Morgan fingerprint density at radius 3 is 2.74 bits per heavy atom. The number of alkyl halides is 1. The molecule has 0 spiro atoms. The maximum Gasteiger partial charge on any atom is 0.234 e. The molecule has 0 bridgehead atoms. The normalized spacial score (nSPS) is 11.3. The molecule has 3 rings (SSSR count). The summed E-state index contributed by atoms with van der Waals surface area (Å²) in [5, 5.41) is 7.95. The first-order chi connectivity index (χ1) is 9.15. The lowest BCUT2D eigenvalue weighted by Gasteiger charge is -1.98. The van der Waals surface area contributed by atoms with Gasteiger partial charge in [0.2, 0.25) is 5.78 Å². The van der Waals surface area contributed by atoms with E-state index in [1.54, 1.807) is 4.68 Å². The second-order valence-corrected chi connectivity index (χ2v) is 4.75. The number of imidazole rings is 1. The maximum atomic E-state index is 5.70. The predicted molar refractivity (Wildman–Crippen MR) is 71.1 cm³/mol. The summed E-state index contributed by atoms with van der Waals surface area (Å²) in [6.07, 6.45) is 3.79. The summed E-state index contributed by atoms with van der Waals surface area (Å²) in [7, 11) is 0. The number of hydrogen-bond donors (Lipinski definition) is 0. The Morgan fingerprint density at radius 1 is 1.16 bits per heavy atom. The molecule has 0 amide bonds. The van der Waals surface area contributed by atoms with E-state index in [2.05, 4.69) is 20.3 Å². The second-order valence-electron chi connectivity index (χ2n) is 4.48. The van der Waals surface area contributed by atoms with Crippen LogP contribution < -0.4 is 0 Å². The fourth-order valence-electron chi connectivity index (χ4n) is 2.04. The van der Waals surface area contributed by atoms with Gasteiger partial charge < -0.3 is 0 Å². The molecule has 0 aromatic carbocycles. The summed E-state index contributed by atoms with van der Waals surface area (Å²) in [6, 6.07) is 2.03. The zero-order valence-electron chi connectivity index (χ0n) is 10.7. The van der Waals surface area contributed by atoms with Crippen LogP contribution >= 0.6 is 11.6 Å². The topological polar surface area (TPSA) is 60.9 Å². The van der Waals surface area contributed by atoms with Crippen molar-refractivity contribution in [3.63, 3.8) is 0 Å². The molecule has 3 aromatic rings. The van der Waals surface area contributed by atoms with Gasteiger partial charge in [0.05, 0.1) is 30.0 Å². The largest absolute Gasteiger partial charge is 0.288 e. The van der Waals surface area contributed by atoms with Crippen molar-refractivity contribution >= 4 is 17.4 Å². The number of halogens is 1. The van der Waals surface area contributed by atoms with E-state index < -0.39 is 0 Å². The average Bonchev–Trinajstić information content (AvgIpc) is 2.96. The zero-order valence-corrected chi connectivity index (χ0v) is 11.5. The Labute approximate surface area is 115 Å². The van der Waals surface area contributed by atoms with Gasteiger partial charge in [-0.2, -0.15) is 0 Å². The van der Waals surface area contributed by atoms with Crippen molar-refractivity contribution in [2.75, 3.05) is 0 Å². The van der Waals surface area contributed by atoms with Crippen LogP contribution in [0.3, 0.4) is 0 Å². The van der Waals surface area contributed by atoms with Crippen LogP contribution in [0.25, 0.3) is 5.78 Å². The molecule has 6 nitrogen and oxygen atoms in total. The van der Waals surface area contributed by atoms with E-state index in [0.717, 1.165) is 22.8 Å². The van der Waals surface area contributed by atoms with Crippen LogP contribution in [0.5, 0.6) is 0 Å². The molecule has 7 heteroatoms. The number of rotatable bonds is 3. The zero-order chi connectivity index (χ0) is 13.4. The third-order valence-corrected chi connectivity index (χ3v) is 3.13. The van der Waals surface area contributed by atoms with E-state index in [1.807, 2.05) is 36.7 Å². The second kappa shape index (κ2) is 4.62. The number of aromatic nitrogens is 6. The highest BCUT2D eigenvalue weighted by atomic mass is 35.5. The van der Waals surface area contributed by atoms with Gasteiger partial charge in [-0.25, -0.2) is 14.6 Å². The van der Waals surface area contributed by atoms with Gasteiger partial charge in [0.25, 0.3) is 0 Å². The minimum Gasteiger partial charge on any atom is -0.288 e. The first-order valence-corrected chi connectivity index (χ1v) is 6.46. The molecule has 0 saturated heterocycles. The lowest BCUT2D eigenvalue weighted by Crippen LogP contribution is -2.00. The van der Waals surface area contributed by atoms with Gasteiger partial charge in [-0.05, 0) is 19.9 Å². The van der Waals surface area contributed by atoms with E-state index in [-0.39, 0.29) is 0 Å². The number of aryl methyl sites for hydroxylation is 2. The van der Waals surface area contributed by atoms with Crippen LogP contribution in [0.4, 0.5) is 0 Å². The summed E-state index contributed by atoms with van der Waals surface area (Å²) >= 11 is 5.70. The quantitative estimate of drug-likeness (QED) is 0.684. The molecular weight excluding hydrogens is 264 g/mol. The Bertz CT molecular complexity index is 729. The Balaban J connectivity index is 1.95. The van der Waals surface area contributed by atoms with Crippen molar-refractivity contribution in [2.24, 2.45) is 0 Å². The van der Waals surface area contributed by atoms with E-state index in [9.17, 15) is 0 Å². The monoisotopic (exact) mass is 276 g/mol. The van der Waals surface area contributed by atoms with Crippen LogP contribution in [0.1, 0.15) is 22.8 Å². The van der Waals surface area contributed by atoms with Crippen molar-refractivity contribution < 1.29 is 0 Å². The summed E-state index contributed by atoms with van der Waals surface area (Å²) in [6.45, 7) is 4.56. The maximum absolute atomic E-state index is 5.70. The van der Waals surface area contributed by atoms with Gasteiger partial charge in [0.1, 0.15) is 0 Å². The number of hydrogen-bond acceptors (Lipinski definition) is 4. The Hall–Kier alpha value is -1.95. The molecule has 0 saturated carbocycles. The molecule has 98 valence electrons. The molecule has 3 heterocycles. The van der Waals surface area contributed by atoms with Crippen molar-refractivity contribution in [3.8, 4) is 0 Å². The molecule has 0 unspecified atom stereocenters. The minimum atomic E-state index is 0.366. The summed E-state index contributed by atoms with van der Waals surface area (Å²) in [4.78, 5) is 8.90. The van der Waals surface area contributed by atoms with Gasteiger partial charge in [-0.1, -0.05) is 5.21 Å². The van der Waals surface area contributed by atoms with Crippen LogP contribution in [-0.4, -0.2) is 29.4 Å². The van der Waals surface area contributed by atoms with Crippen molar-refractivity contribution in [1.82, 2.24) is 29.4 Å². The van der Waals surface area contributed by atoms with Crippen LogP contribution in [-0.2, 0) is 12.4 Å². The molecule has 0 N–H and O–H groups in total. The lowest BCUT2D eigenvalue weighted by atomic mass is 10.3. The predicted octanol–water partition coefficient (Wildman–Crippen LogP) is 1.72. The molecule has 0 aliphatic rings. The highest BCUT2D eigenvalue weighted by Crippen LogP contribution is 2.09. The van der Waals surface area contributed by atoms with Crippen molar-refractivity contribution in [1.29, 1.82) is 0 Å². The number of nitrogens with zero attached hydrogens (tertiary/aromatic N) is 6. The average molecular weight is 277 g/mol. The van der Waals surface area contributed by atoms with Crippen LogP contribution in [0.2, 0.25) is 0 Å². The van der Waals surface area contributed by atoms with Crippen molar-refractivity contribution in [3.05, 3.63) is 41.2 Å². The molecule has 3 aromatic heterocycles.